The summed E-state index contributed by atoms with van der Waals surface area (Å²) in [6.07, 6.45) is 1.94. The Bertz CT molecular complexity index is 1720. The number of fused-ring (bicyclic) bond motifs is 2. The minimum Gasteiger partial charge on any atom is -0.455 e. The Kier molecular flexibility index (Phi) is 5.37. The van der Waals surface area contributed by atoms with Crippen molar-refractivity contribution in [1.29, 1.82) is 5.26 Å². The number of rotatable bonds is 4. The van der Waals surface area contributed by atoms with Gasteiger partial charge in [-0.1, -0.05) is 6.07 Å². The molecule has 3 aromatic heterocycles. The lowest BCUT2D eigenvalue weighted by atomic mass is 9.98. The lowest BCUT2D eigenvalue weighted by Crippen LogP contribution is -2.13. The fraction of sp³-hybridized carbons (Fsp3) is 0.214. The van der Waals surface area contributed by atoms with E-state index in [0.717, 1.165) is 33.3 Å². The fourth-order valence-corrected chi connectivity index (χ4v) is 4.52. The largest absolute Gasteiger partial charge is 0.455 e. The first-order valence-electron chi connectivity index (χ1n) is 11.4. The van der Waals surface area contributed by atoms with Crippen molar-refractivity contribution in [2.24, 2.45) is 7.05 Å². The van der Waals surface area contributed by atoms with Gasteiger partial charge in [-0.25, -0.2) is 4.98 Å². The molecule has 7 nitrogen and oxygen atoms in total. The molecule has 0 aliphatic carbocycles. The fourth-order valence-electron chi connectivity index (χ4n) is 4.52. The molecule has 1 N–H and O–H groups in total. The smallest absolute Gasteiger partial charge is 0.196 e. The van der Waals surface area contributed by atoms with Gasteiger partial charge in [0.1, 0.15) is 17.4 Å². The number of hydrogen-bond donors (Lipinski definition) is 1. The second kappa shape index (κ2) is 8.41. The molecular formula is C28H25N5O2. The van der Waals surface area contributed by atoms with Gasteiger partial charge in [-0.15, -0.1) is 0 Å². The second-order valence-corrected chi connectivity index (χ2v) is 9.02. The van der Waals surface area contributed by atoms with Gasteiger partial charge in [0.05, 0.1) is 22.6 Å². The van der Waals surface area contributed by atoms with E-state index < -0.39 is 0 Å². The van der Waals surface area contributed by atoms with Crippen molar-refractivity contribution in [3.05, 3.63) is 87.0 Å². The maximum Gasteiger partial charge on any atom is 0.196 e. The maximum absolute atomic E-state index is 13.5. The third-order valence-electron chi connectivity index (χ3n) is 6.25. The van der Waals surface area contributed by atoms with Crippen LogP contribution in [0.5, 0.6) is 0 Å². The Balaban J connectivity index is 1.68. The van der Waals surface area contributed by atoms with E-state index in [1.807, 2.05) is 76.5 Å². The van der Waals surface area contributed by atoms with Crippen molar-refractivity contribution < 1.29 is 4.42 Å². The molecule has 1 unspecified atom stereocenters. The van der Waals surface area contributed by atoms with Gasteiger partial charge in [0.15, 0.2) is 11.1 Å². The number of aryl methyl sites for hydroxylation is 3. The highest BCUT2D eigenvalue weighted by Gasteiger charge is 2.20. The van der Waals surface area contributed by atoms with Crippen molar-refractivity contribution in [1.82, 2.24) is 14.8 Å². The first-order chi connectivity index (χ1) is 16.7. The van der Waals surface area contributed by atoms with Gasteiger partial charge < -0.3 is 9.73 Å². The van der Waals surface area contributed by atoms with Gasteiger partial charge in [-0.3, -0.25) is 9.48 Å². The molecule has 0 spiro atoms. The van der Waals surface area contributed by atoms with Crippen LogP contribution >= 0.6 is 0 Å². The molecule has 3 heterocycles. The number of aromatic nitrogens is 3. The predicted octanol–water partition coefficient (Wildman–Crippen LogP) is 5.71. The molecule has 0 aliphatic rings. The summed E-state index contributed by atoms with van der Waals surface area (Å²) in [5.41, 5.74) is 6.28. The zero-order chi connectivity index (χ0) is 24.9. The number of nitrogens with one attached hydrogen (secondary N) is 1. The van der Waals surface area contributed by atoms with Crippen LogP contribution in [0.4, 0.5) is 5.69 Å². The molecule has 0 amide bonds. The van der Waals surface area contributed by atoms with Crippen LogP contribution in [0.15, 0.2) is 57.9 Å². The van der Waals surface area contributed by atoms with Crippen molar-refractivity contribution in [3.8, 4) is 17.4 Å². The highest BCUT2D eigenvalue weighted by atomic mass is 16.3. The van der Waals surface area contributed by atoms with Crippen molar-refractivity contribution in [2.45, 2.75) is 33.7 Å². The monoisotopic (exact) mass is 463 g/mol. The van der Waals surface area contributed by atoms with Crippen LogP contribution in [-0.4, -0.2) is 14.8 Å². The van der Waals surface area contributed by atoms with E-state index in [1.165, 1.54) is 0 Å². The van der Waals surface area contributed by atoms with Crippen molar-refractivity contribution >= 4 is 27.6 Å². The lowest BCUT2D eigenvalue weighted by molar-refractivity contribution is 0.605. The molecule has 5 aromatic rings. The predicted molar refractivity (Wildman–Crippen MR) is 137 cm³/mol. The maximum atomic E-state index is 13.5. The summed E-state index contributed by atoms with van der Waals surface area (Å²) in [6.45, 7) is 7.59. The minimum absolute atomic E-state index is 0.0561. The van der Waals surface area contributed by atoms with E-state index in [2.05, 4.69) is 21.5 Å². The van der Waals surface area contributed by atoms with E-state index in [9.17, 15) is 10.1 Å². The summed E-state index contributed by atoms with van der Waals surface area (Å²) in [4.78, 5) is 17.8. The van der Waals surface area contributed by atoms with Crippen LogP contribution in [0.1, 0.15) is 41.0 Å². The zero-order valence-electron chi connectivity index (χ0n) is 20.3. The van der Waals surface area contributed by atoms with Gasteiger partial charge in [0.25, 0.3) is 0 Å². The number of benzene rings is 2. The quantitative estimate of drug-likeness (QED) is 0.367. The summed E-state index contributed by atoms with van der Waals surface area (Å²) < 4.78 is 8.25. The van der Waals surface area contributed by atoms with Gasteiger partial charge in [0.2, 0.25) is 0 Å². The number of anilines is 1. The molecule has 35 heavy (non-hydrogen) atoms. The van der Waals surface area contributed by atoms with Crippen molar-refractivity contribution in [3.63, 3.8) is 0 Å². The number of nitriles is 1. The first-order valence-corrected chi connectivity index (χ1v) is 11.4. The third kappa shape index (κ3) is 3.93. The van der Waals surface area contributed by atoms with Crippen LogP contribution in [0.2, 0.25) is 0 Å². The molecule has 0 saturated carbocycles. The van der Waals surface area contributed by atoms with E-state index in [-0.39, 0.29) is 11.5 Å². The van der Waals surface area contributed by atoms with Gasteiger partial charge in [0, 0.05) is 41.0 Å². The topological polar surface area (TPSA) is 96.7 Å². The molecule has 0 bridgehead atoms. The molecule has 1 atom stereocenters. The third-order valence-corrected chi connectivity index (χ3v) is 6.25. The Morgan fingerprint density at radius 2 is 1.91 bits per heavy atom. The average molecular weight is 464 g/mol. The summed E-state index contributed by atoms with van der Waals surface area (Å²) in [5.74, 6) is 0.542. The number of hydrogen-bond acceptors (Lipinski definition) is 6. The van der Waals surface area contributed by atoms with E-state index in [4.69, 9.17) is 4.42 Å². The van der Waals surface area contributed by atoms with Crippen molar-refractivity contribution in [2.75, 3.05) is 5.32 Å². The Morgan fingerprint density at radius 1 is 1.11 bits per heavy atom. The molecule has 5 rings (SSSR count). The Labute approximate surface area is 202 Å². The summed E-state index contributed by atoms with van der Waals surface area (Å²) in [6, 6.07) is 15.4. The Morgan fingerprint density at radius 3 is 2.69 bits per heavy atom. The average Bonchev–Trinajstić information content (AvgIpc) is 3.21. The van der Waals surface area contributed by atoms with Crippen LogP contribution < -0.4 is 10.7 Å². The number of pyridine rings is 1. The SMILES string of the molecule is Cc1cc(C(C)Nc2ccc(C)nc2C#N)c2oc(-c3ccc4nn(C)cc4c3)c(C)c(=O)c2c1. The highest BCUT2D eigenvalue weighted by Crippen LogP contribution is 2.33. The normalized spacial score (nSPS) is 12.1. The van der Waals surface area contributed by atoms with Gasteiger partial charge in [-0.2, -0.15) is 10.4 Å². The van der Waals surface area contributed by atoms with E-state index in [1.54, 1.807) is 11.6 Å². The van der Waals surface area contributed by atoms with Crippen LogP contribution in [0.25, 0.3) is 33.2 Å². The first kappa shape index (κ1) is 22.4. The van der Waals surface area contributed by atoms with Crippen LogP contribution in [0, 0.1) is 32.1 Å². The molecule has 0 fully saturated rings. The lowest BCUT2D eigenvalue weighted by Gasteiger charge is -2.19. The second-order valence-electron chi connectivity index (χ2n) is 9.02. The minimum atomic E-state index is -0.242. The molecule has 7 heteroatoms. The Hall–Kier alpha value is -4.44. The number of nitrogens with zero attached hydrogens (tertiary/aromatic N) is 4. The summed E-state index contributed by atoms with van der Waals surface area (Å²) in [7, 11) is 1.88. The molecular weight excluding hydrogens is 438 g/mol. The molecule has 2 aromatic carbocycles. The summed E-state index contributed by atoms with van der Waals surface area (Å²) >= 11 is 0. The molecule has 0 aliphatic heterocycles. The van der Waals surface area contributed by atoms with Crippen LogP contribution in [0.3, 0.4) is 0 Å². The summed E-state index contributed by atoms with van der Waals surface area (Å²) in [5, 5.41) is 18.9. The molecule has 0 saturated heterocycles. The highest BCUT2D eigenvalue weighted by molar-refractivity contribution is 5.87. The van der Waals surface area contributed by atoms with E-state index in [0.29, 0.717) is 33.7 Å². The molecule has 174 valence electrons. The zero-order valence-corrected chi connectivity index (χ0v) is 20.3. The van der Waals surface area contributed by atoms with Crippen LogP contribution in [-0.2, 0) is 7.05 Å². The molecule has 0 radical (unpaired) electrons. The van der Waals surface area contributed by atoms with Gasteiger partial charge >= 0.3 is 0 Å². The van der Waals surface area contributed by atoms with Gasteiger partial charge in [-0.05, 0) is 69.7 Å². The standard InChI is InChI=1S/C28H25N5O2/c1-15-10-21(18(4)31-24-8-6-16(2)30-25(24)13-29)28-22(11-15)26(34)17(3)27(35-28)19-7-9-23-20(12-19)14-33(5)32-23/h6-12,14,18,31H,1-5H3. The van der Waals surface area contributed by atoms with E-state index >= 15 is 0 Å².